The first-order chi connectivity index (χ1) is 7.81. The highest BCUT2D eigenvalue weighted by molar-refractivity contribution is 5.90. The van der Waals surface area contributed by atoms with Gasteiger partial charge in [0.15, 0.2) is 0 Å². The van der Waals surface area contributed by atoms with E-state index >= 15 is 0 Å². The van der Waals surface area contributed by atoms with Gasteiger partial charge in [0.05, 0.1) is 6.07 Å². The Bertz CT molecular complexity index is 322. The Balaban J connectivity index is 4.67. The molecule has 0 aromatic heterocycles. The summed E-state index contributed by atoms with van der Waals surface area (Å²) in [6.45, 7) is 5.59. The van der Waals surface area contributed by atoms with Crippen molar-refractivity contribution < 1.29 is 14.7 Å². The lowest BCUT2D eigenvalue weighted by Gasteiger charge is -2.26. The van der Waals surface area contributed by atoms with Gasteiger partial charge in [-0.1, -0.05) is 13.8 Å². The van der Waals surface area contributed by atoms with Crippen LogP contribution in [0.2, 0.25) is 0 Å². The van der Waals surface area contributed by atoms with Gasteiger partial charge in [-0.15, -0.1) is 0 Å². The number of imide groups is 1. The van der Waals surface area contributed by atoms with E-state index in [-0.39, 0.29) is 6.54 Å². The van der Waals surface area contributed by atoms with Crippen molar-refractivity contribution in [1.82, 2.24) is 9.80 Å². The van der Waals surface area contributed by atoms with E-state index in [1.165, 1.54) is 7.05 Å². The van der Waals surface area contributed by atoms with Crippen LogP contribution in [0.1, 0.15) is 27.2 Å². The van der Waals surface area contributed by atoms with Crippen LogP contribution in [0, 0.1) is 17.2 Å². The molecule has 0 radical (unpaired) electrons. The molecular formula is C11H19N3O3. The van der Waals surface area contributed by atoms with Crippen molar-refractivity contribution in [2.24, 2.45) is 5.92 Å². The van der Waals surface area contributed by atoms with E-state index in [1.807, 2.05) is 19.9 Å². The minimum absolute atomic E-state index is 0.147. The maximum atomic E-state index is 11.8. The predicted molar refractivity (Wildman–Crippen MR) is 62.4 cm³/mol. The summed E-state index contributed by atoms with van der Waals surface area (Å²) in [5, 5.41) is 17.6. The van der Waals surface area contributed by atoms with E-state index in [9.17, 15) is 9.59 Å². The van der Waals surface area contributed by atoms with Gasteiger partial charge in [0.25, 0.3) is 0 Å². The highest BCUT2D eigenvalue weighted by atomic mass is 16.4. The quantitative estimate of drug-likeness (QED) is 0.815. The van der Waals surface area contributed by atoms with E-state index in [1.54, 1.807) is 6.92 Å². The number of amides is 3. The van der Waals surface area contributed by atoms with Crippen molar-refractivity contribution in [2.45, 2.75) is 33.2 Å². The number of carbonyl (C=O) groups is 2. The Morgan fingerprint density at radius 2 is 1.88 bits per heavy atom. The predicted octanol–water partition coefficient (Wildman–Crippen LogP) is 1.98. The fraction of sp³-hybridized carbons (Fsp3) is 0.727. The molecule has 17 heavy (non-hydrogen) atoms. The first kappa shape index (κ1) is 15.2. The number of carbonyl (C=O) groups excluding carboxylic acids is 1. The van der Waals surface area contributed by atoms with Crippen LogP contribution < -0.4 is 0 Å². The van der Waals surface area contributed by atoms with Crippen molar-refractivity contribution in [3.8, 4) is 6.07 Å². The Hall–Kier alpha value is -1.77. The van der Waals surface area contributed by atoms with Crippen molar-refractivity contribution >= 4 is 12.1 Å². The third kappa shape index (κ3) is 4.72. The normalized spacial score (nSPS) is 11.8. The van der Waals surface area contributed by atoms with Crippen molar-refractivity contribution in [3.63, 3.8) is 0 Å². The third-order valence-electron chi connectivity index (χ3n) is 2.46. The topological polar surface area (TPSA) is 84.6 Å². The van der Waals surface area contributed by atoms with E-state index in [4.69, 9.17) is 10.4 Å². The lowest BCUT2D eigenvalue weighted by atomic mass is 10.1. The van der Waals surface area contributed by atoms with Crippen LogP contribution in [0.3, 0.4) is 0 Å². The first-order valence-electron chi connectivity index (χ1n) is 5.48. The molecule has 0 spiro atoms. The SMILES string of the molecule is CC(C)CCN(C(=O)O)C(=O)N(C)[C@@H](C)C#N. The lowest BCUT2D eigenvalue weighted by molar-refractivity contribution is 0.128. The molecule has 0 bridgehead atoms. The minimum Gasteiger partial charge on any atom is -0.465 e. The minimum atomic E-state index is -1.28. The van der Waals surface area contributed by atoms with Gasteiger partial charge < -0.3 is 10.0 Å². The molecule has 0 heterocycles. The zero-order chi connectivity index (χ0) is 13.6. The molecule has 3 amide bonds. The zero-order valence-corrected chi connectivity index (χ0v) is 10.7. The summed E-state index contributed by atoms with van der Waals surface area (Å²) in [6.07, 6.45) is -0.681. The molecule has 0 saturated heterocycles. The zero-order valence-electron chi connectivity index (χ0n) is 10.7. The monoisotopic (exact) mass is 241 g/mol. The summed E-state index contributed by atoms with van der Waals surface area (Å²) in [7, 11) is 1.42. The van der Waals surface area contributed by atoms with Gasteiger partial charge in [-0.3, -0.25) is 0 Å². The average Bonchev–Trinajstić information content (AvgIpc) is 2.25. The largest absolute Gasteiger partial charge is 0.465 e. The summed E-state index contributed by atoms with van der Waals surface area (Å²) >= 11 is 0. The van der Waals surface area contributed by atoms with Crippen LogP contribution in [-0.4, -0.2) is 46.7 Å². The highest BCUT2D eigenvalue weighted by Gasteiger charge is 2.26. The smallest absolute Gasteiger partial charge is 0.415 e. The number of carboxylic acid groups (broad SMARTS) is 1. The van der Waals surface area contributed by atoms with Gasteiger partial charge in [-0.2, -0.15) is 5.26 Å². The fourth-order valence-electron chi connectivity index (χ4n) is 1.10. The number of hydrogen-bond acceptors (Lipinski definition) is 3. The summed E-state index contributed by atoms with van der Waals surface area (Å²) in [6, 6.07) is 0.580. The molecular weight excluding hydrogens is 222 g/mol. The molecule has 1 atom stereocenters. The highest BCUT2D eigenvalue weighted by Crippen LogP contribution is 2.07. The van der Waals surface area contributed by atoms with Crippen LogP contribution >= 0.6 is 0 Å². The van der Waals surface area contributed by atoms with Gasteiger partial charge in [-0.05, 0) is 19.3 Å². The van der Waals surface area contributed by atoms with Gasteiger partial charge in [-0.25, -0.2) is 14.5 Å². The second-order valence-corrected chi connectivity index (χ2v) is 4.32. The van der Waals surface area contributed by atoms with Crippen molar-refractivity contribution in [3.05, 3.63) is 0 Å². The molecule has 0 aliphatic rings. The van der Waals surface area contributed by atoms with Gasteiger partial charge in [0.2, 0.25) is 0 Å². The molecule has 0 aliphatic carbocycles. The molecule has 6 nitrogen and oxygen atoms in total. The van der Waals surface area contributed by atoms with E-state index < -0.39 is 18.2 Å². The van der Waals surface area contributed by atoms with Gasteiger partial charge in [0, 0.05) is 13.6 Å². The average molecular weight is 241 g/mol. The molecule has 96 valence electrons. The van der Waals surface area contributed by atoms with Crippen LogP contribution in [0.25, 0.3) is 0 Å². The summed E-state index contributed by atoms with van der Waals surface area (Å²) < 4.78 is 0. The summed E-state index contributed by atoms with van der Waals surface area (Å²) in [5.41, 5.74) is 0. The van der Waals surface area contributed by atoms with Crippen LogP contribution in [0.5, 0.6) is 0 Å². The number of hydrogen-bond donors (Lipinski definition) is 1. The molecule has 0 unspecified atom stereocenters. The van der Waals surface area contributed by atoms with Crippen LogP contribution in [0.4, 0.5) is 9.59 Å². The molecule has 1 N–H and O–H groups in total. The Kier molecular flexibility index (Phi) is 6.03. The van der Waals surface area contributed by atoms with Crippen molar-refractivity contribution in [2.75, 3.05) is 13.6 Å². The molecule has 0 aromatic carbocycles. The van der Waals surface area contributed by atoms with Gasteiger partial charge in [0.1, 0.15) is 6.04 Å². The van der Waals surface area contributed by atoms with E-state index in [0.29, 0.717) is 12.3 Å². The first-order valence-corrected chi connectivity index (χ1v) is 5.48. The molecule has 0 rings (SSSR count). The number of nitrogens with zero attached hydrogens (tertiary/aromatic N) is 3. The van der Waals surface area contributed by atoms with Crippen molar-refractivity contribution in [1.29, 1.82) is 5.26 Å². The molecule has 0 aliphatic heterocycles. The summed E-state index contributed by atoms with van der Waals surface area (Å²) in [5.74, 6) is 0.309. The fourth-order valence-corrected chi connectivity index (χ4v) is 1.10. The molecule has 0 fully saturated rings. The van der Waals surface area contributed by atoms with E-state index in [2.05, 4.69) is 0 Å². The van der Waals surface area contributed by atoms with E-state index in [0.717, 1.165) is 9.80 Å². The Morgan fingerprint density at radius 1 is 1.35 bits per heavy atom. The van der Waals surface area contributed by atoms with Gasteiger partial charge >= 0.3 is 12.1 Å². The summed E-state index contributed by atoms with van der Waals surface area (Å²) in [4.78, 5) is 24.6. The second-order valence-electron chi connectivity index (χ2n) is 4.32. The second kappa shape index (κ2) is 6.74. The Labute approximate surface area is 101 Å². The number of urea groups is 1. The molecule has 0 aromatic rings. The van der Waals surface area contributed by atoms with Crippen LogP contribution in [0.15, 0.2) is 0 Å². The maximum Gasteiger partial charge on any atom is 0.415 e. The van der Waals surface area contributed by atoms with Crippen LogP contribution in [-0.2, 0) is 0 Å². The third-order valence-corrected chi connectivity index (χ3v) is 2.46. The standard InChI is InChI=1S/C11H19N3O3/c1-8(2)5-6-14(11(16)17)10(15)13(4)9(3)7-12/h8-9H,5-6H2,1-4H3,(H,16,17)/t9-/m0/s1. The number of rotatable bonds is 4. The Morgan fingerprint density at radius 3 is 2.24 bits per heavy atom. The maximum absolute atomic E-state index is 11.8. The number of nitriles is 1. The molecule has 0 saturated carbocycles. The lowest BCUT2D eigenvalue weighted by Crippen LogP contribution is -2.47. The molecule has 6 heteroatoms.